The third kappa shape index (κ3) is 4.09. The van der Waals surface area contributed by atoms with Crippen molar-refractivity contribution in [3.8, 4) is 6.19 Å². The molecule has 0 aliphatic carbocycles. The second kappa shape index (κ2) is 5.93. The minimum Gasteiger partial charge on any atom is -0.321 e. The lowest BCUT2D eigenvalue weighted by Gasteiger charge is -2.11. The van der Waals surface area contributed by atoms with E-state index < -0.39 is 22.8 Å². The molecule has 2 unspecified atom stereocenters. The average molecular weight is 277 g/mol. The van der Waals surface area contributed by atoms with E-state index in [-0.39, 0.29) is 11.7 Å². The van der Waals surface area contributed by atoms with Crippen LogP contribution < -0.4 is 0 Å². The zero-order valence-electron chi connectivity index (χ0n) is 9.35. The van der Waals surface area contributed by atoms with Crippen molar-refractivity contribution in [2.75, 3.05) is 5.75 Å². The number of hydrogen-bond donors (Lipinski definition) is 1. The monoisotopic (exact) mass is 277 g/mol. The van der Waals surface area contributed by atoms with Crippen LogP contribution in [0.5, 0.6) is 0 Å². The first kappa shape index (κ1) is 14.6. The molecule has 0 aliphatic rings. The van der Waals surface area contributed by atoms with Crippen LogP contribution in [0.4, 0.5) is 13.2 Å². The molecular formula is C10H10F3N3OS. The number of alkyl halides is 3. The van der Waals surface area contributed by atoms with Crippen molar-refractivity contribution in [1.29, 1.82) is 5.26 Å². The molecule has 0 spiro atoms. The fourth-order valence-corrected chi connectivity index (χ4v) is 2.08. The molecular weight excluding hydrogens is 267 g/mol. The summed E-state index contributed by atoms with van der Waals surface area (Å²) in [5.41, 5.74) is -0.397. The number of hydrogen-bond acceptors (Lipinski definition) is 3. The van der Waals surface area contributed by atoms with Crippen LogP contribution in [-0.4, -0.2) is 15.3 Å². The van der Waals surface area contributed by atoms with Crippen LogP contribution in [0.25, 0.3) is 0 Å². The lowest BCUT2D eigenvalue weighted by molar-refractivity contribution is -0.141. The van der Waals surface area contributed by atoms with E-state index in [0.717, 1.165) is 12.3 Å². The Morgan fingerprint density at radius 1 is 1.56 bits per heavy atom. The molecule has 0 bridgehead atoms. The number of nitriles is 1. The molecule has 4 nitrogen and oxygen atoms in total. The molecule has 1 aromatic heterocycles. The summed E-state index contributed by atoms with van der Waals surface area (Å²) in [4.78, 5) is 3.33. The predicted molar refractivity (Wildman–Crippen MR) is 60.6 cm³/mol. The highest BCUT2D eigenvalue weighted by Gasteiger charge is 2.32. The Kier molecular flexibility index (Phi) is 4.81. The highest BCUT2D eigenvalue weighted by atomic mass is 32.2. The zero-order chi connectivity index (χ0) is 13.8. The van der Waals surface area contributed by atoms with E-state index in [1.54, 1.807) is 6.92 Å². The molecule has 2 atom stereocenters. The van der Waals surface area contributed by atoms with E-state index in [0.29, 0.717) is 5.56 Å². The van der Waals surface area contributed by atoms with Gasteiger partial charge in [-0.25, -0.2) is 0 Å². The fourth-order valence-electron chi connectivity index (χ4n) is 1.27. The maximum Gasteiger partial charge on any atom is 0.433 e. The van der Waals surface area contributed by atoms with E-state index in [1.165, 1.54) is 12.3 Å². The summed E-state index contributed by atoms with van der Waals surface area (Å²) in [6.45, 7) is 1.72. The zero-order valence-corrected chi connectivity index (χ0v) is 10.2. The lowest BCUT2D eigenvalue weighted by atomic mass is 10.1. The van der Waals surface area contributed by atoms with E-state index >= 15 is 0 Å². The number of aromatic nitrogens is 1. The summed E-state index contributed by atoms with van der Waals surface area (Å²) in [5, 5.41) is 8.24. The molecule has 8 heteroatoms. The van der Waals surface area contributed by atoms with E-state index in [4.69, 9.17) is 5.26 Å². The van der Waals surface area contributed by atoms with Gasteiger partial charge in [-0.1, -0.05) is 13.0 Å². The Morgan fingerprint density at radius 3 is 2.67 bits per heavy atom. The van der Waals surface area contributed by atoms with Gasteiger partial charge in [0.15, 0.2) is 0 Å². The standard InChI is InChI=1S/C10H10F3N3OS/c1-7(5-18(17)16-6-14)8-2-3-9(15-4-8)10(11,12)13/h2-4,7H,5H2,1H3,(H,16,17). The molecule has 98 valence electrons. The quantitative estimate of drug-likeness (QED) is 0.863. The van der Waals surface area contributed by atoms with Crippen LogP contribution in [0.15, 0.2) is 22.7 Å². The summed E-state index contributed by atoms with van der Waals surface area (Å²) in [6, 6.07) is 2.20. The highest BCUT2D eigenvalue weighted by Crippen LogP contribution is 2.28. The van der Waals surface area contributed by atoms with Gasteiger partial charge >= 0.3 is 6.18 Å². The van der Waals surface area contributed by atoms with Crippen LogP contribution in [0.3, 0.4) is 0 Å². The topological polar surface area (TPSA) is 69.3 Å². The Hall–Kier alpha value is -1.46. The van der Waals surface area contributed by atoms with Gasteiger partial charge in [0.05, 0.1) is 0 Å². The second-order valence-corrected chi connectivity index (χ2v) is 4.77. The SMILES string of the molecule is CC(CS(O)=NC#N)c1ccc(C(F)(F)F)nc1. The first-order valence-electron chi connectivity index (χ1n) is 4.87. The van der Waals surface area contributed by atoms with Gasteiger partial charge in [0.25, 0.3) is 0 Å². The molecule has 0 saturated carbocycles. The molecule has 1 heterocycles. The van der Waals surface area contributed by atoms with Crippen molar-refractivity contribution in [3.63, 3.8) is 0 Å². The third-order valence-electron chi connectivity index (χ3n) is 2.19. The molecule has 18 heavy (non-hydrogen) atoms. The Morgan fingerprint density at radius 2 is 2.22 bits per heavy atom. The largest absolute Gasteiger partial charge is 0.433 e. The number of rotatable bonds is 3. The molecule has 0 fully saturated rings. The minimum atomic E-state index is -4.46. The molecule has 1 N–H and O–H groups in total. The first-order chi connectivity index (χ1) is 8.34. The molecule has 0 aliphatic heterocycles. The molecule has 0 saturated heterocycles. The van der Waals surface area contributed by atoms with Gasteiger partial charge in [0.2, 0.25) is 6.19 Å². The van der Waals surface area contributed by atoms with Gasteiger partial charge in [-0.3, -0.25) is 4.98 Å². The van der Waals surface area contributed by atoms with Crippen molar-refractivity contribution in [1.82, 2.24) is 4.98 Å². The molecule has 1 aromatic rings. The van der Waals surface area contributed by atoms with Crippen LogP contribution in [0, 0.1) is 11.5 Å². The van der Waals surface area contributed by atoms with Crippen molar-refractivity contribution in [2.24, 2.45) is 4.36 Å². The summed E-state index contributed by atoms with van der Waals surface area (Å²) in [7, 11) is -1.41. The van der Waals surface area contributed by atoms with Crippen molar-refractivity contribution in [2.45, 2.75) is 19.0 Å². The van der Waals surface area contributed by atoms with Crippen molar-refractivity contribution < 1.29 is 17.7 Å². The number of halogens is 3. The molecule has 0 aromatic carbocycles. The van der Waals surface area contributed by atoms with E-state index in [9.17, 15) is 17.7 Å². The van der Waals surface area contributed by atoms with Crippen LogP contribution in [-0.2, 0) is 17.1 Å². The first-order valence-corrected chi connectivity index (χ1v) is 6.18. The molecule has 0 radical (unpaired) electrons. The van der Waals surface area contributed by atoms with Crippen molar-refractivity contribution in [3.05, 3.63) is 29.6 Å². The van der Waals surface area contributed by atoms with Crippen LogP contribution >= 0.6 is 0 Å². The van der Waals surface area contributed by atoms with E-state index in [2.05, 4.69) is 9.35 Å². The Balaban J connectivity index is 2.80. The third-order valence-corrected chi connectivity index (χ3v) is 3.28. The maximum atomic E-state index is 12.3. The van der Waals surface area contributed by atoms with E-state index in [1.807, 2.05) is 0 Å². The lowest BCUT2D eigenvalue weighted by Crippen LogP contribution is -2.10. The summed E-state index contributed by atoms with van der Waals surface area (Å²) in [5.74, 6) is -0.0501. The van der Waals surface area contributed by atoms with Gasteiger partial charge in [-0.2, -0.15) is 18.4 Å². The second-order valence-electron chi connectivity index (χ2n) is 3.57. The summed E-state index contributed by atoms with van der Waals surface area (Å²) < 4.78 is 49.4. The summed E-state index contributed by atoms with van der Waals surface area (Å²) in [6.07, 6.45) is -1.86. The van der Waals surface area contributed by atoms with Crippen LogP contribution in [0.2, 0.25) is 0 Å². The normalized spacial score (nSPS) is 15.1. The predicted octanol–water partition coefficient (Wildman–Crippen LogP) is 2.96. The molecule has 1 rings (SSSR count). The molecule has 0 amide bonds. The Labute approximate surface area is 104 Å². The maximum absolute atomic E-state index is 12.3. The van der Waals surface area contributed by atoms with Gasteiger partial charge in [0, 0.05) is 22.9 Å². The van der Waals surface area contributed by atoms with Gasteiger partial charge in [-0.15, -0.1) is 4.36 Å². The van der Waals surface area contributed by atoms with Gasteiger partial charge in [-0.05, 0) is 17.5 Å². The highest BCUT2D eigenvalue weighted by molar-refractivity contribution is 7.81. The average Bonchev–Trinajstić information content (AvgIpc) is 2.28. The van der Waals surface area contributed by atoms with Gasteiger partial charge < -0.3 is 4.55 Å². The number of nitrogens with zero attached hydrogens (tertiary/aromatic N) is 3. The minimum absolute atomic E-state index is 0.181. The van der Waals surface area contributed by atoms with Crippen LogP contribution in [0.1, 0.15) is 24.1 Å². The number of pyridine rings is 1. The Bertz CT molecular complexity index is 479. The van der Waals surface area contributed by atoms with Gasteiger partial charge in [0.1, 0.15) is 5.69 Å². The summed E-state index contributed by atoms with van der Waals surface area (Å²) >= 11 is 0. The fraction of sp³-hybridized carbons (Fsp3) is 0.400. The van der Waals surface area contributed by atoms with Crippen molar-refractivity contribution >= 4 is 11.0 Å². The smallest absolute Gasteiger partial charge is 0.321 e.